The van der Waals surface area contributed by atoms with Crippen molar-refractivity contribution in [3.63, 3.8) is 0 Å². The van der Waals surface area contributed by atoms with Crippen LogP contribution in [-0.4, -0.2) is 35.8 Å². The van der Waals surface area contributed by atoms with E-state index in [1.807, 2.05) is 12.1 Å². The van der Waals surface area contributed by atoms with Crippen LogP contribution < -0.4 is 0 Å². The molecule has 110 valence electrons. The first-order valence-electron chi connectivity index (χ1n) is 7.54. The molecule has 1 heterocycles. The van der Waals surface area contributed by atoms with Crippen LogP contribution in [0.25, 0.3) is 0 Å². The fraction of sp³-hybridized carbons (Fsp3) is 0.647. The Labute approximate surface area is 121 Å². The number of hydrogen-bond acceptors (Lipinski definition) is 3. The molecule has 1 aliphatic carbocycles. The molecule has 1 saturated carbocycles. The highest BCUT2D eigenvalue weighted by molar-refractivity contribution is 5.22. The van der Waals surface area contributed by atoms with Crippen molar-refractivity contribution < 1.29 is 9.84 Å². The number of aliphatic hydroxyl groups excluding tert-OH is 1. The summed E-state index contributed by atoms with van der Waals surface area (Å²) in [6.45, 7) is 6.66. The number of benzene rings is 1. The van der Waals surface area contributed by atoms with Gasteiger partial charge >= 0.3 is 0 Å². The molecule has 20 heavy (non-hydrogen) atoms. The Morgan fingerprint density at radius 1 is 1.25 bits per heavy atom. The summed E-state index contributed by atoms with van der Waals surface area (Å²) in [5.74, 6) is 0.701. The lowest BCUT2D eigenvalue weighted by Gasteiger charge is -2.58. The lowest BCUT2D eigenvalue weighted by molar-refractivity contribution is -0.151. The second kappa shape index (κ2) is 5.14. The molecule has 3 heteroatoms. The summed E-state index contributed by atoms with van der Waals surface area (Å²) in [7, 11) is 2.22. The summed E-state index contributed by atoms with van der Waals surface area (Å²) >= 11 is 0. The summed E-state index contributed by atoms with van der Waals surface area (Å²) < 4.78 is 5.87. The van der Waals surface area contributed by atoms with Crippen LogP contribution in [0.3, 0.4) is 0 Å². The van der Waals surface area contributed by atoms with Crippen molar-refractivity contribution in [1.29, 1.82) is 0 Å². The van der Waals surface area contributed by atoms with Crippen LogP contribution >= 0.6 is 0 Å². The molecule has 1 aromatic rings. The van der Waals surface area contributed by atoms with Gasteiger partial charge in [-0.2, -0.15) is 0 Å². The predicted molar refractivity (Wildman–Crippen MR) is 79.2 cm³/mol. The van der Waals surface area contributed by atoms with Crippen molar-refractivity contribution in [1.82, 2.24) is 4.90 Å². The zero-order chi connectivity index (χ0) is 14.3. The Kier molecular flexibility index (Phi) is 3.61. The predicted octanol–water partition coefficient (Wildman–Crippen LogP) is 2.42. The third-order valence-corrected chi connectivity index (χ3v) is 5.15. The van der Waals surface area contributed by atoms with Crippen LogP contribution in [-0.2, 0) is 17.9 Å². The van der Waals surface area contributed by atoms with Gasteiger partial charge in [0.25, 0.3) is 0 Å². The van der Waals surface area contributed by atoms with Gasteiger partial charge in [0, 0.05) is 30.5 Å². The van der Waals surface area contributed by atoms with Crippen molar-refractivity contribution in [3.8, 4) is 0 Å². The third-order valence-electron chi connectivity index (χ3n) is 5.15. The summed E-state index contributed by atoms with van der Waals surface area (Å²) in [6.07, 6.45) is 1.65. The van der Waals surface area contributed by atoms with Gasteiger partial charge in [-0.25, -0.2) is 0 Å². The van der Waals surface area contributed by atoms with Gasteiger partial charge in [0.15, 0.2) is 0 Å². The largest absolute Gasteiger partial charge is 0.392 e. The Morgan fingerprint density at radius 3 is 2.55 bits per heavy atom. The Hall–Kier alpha value is -0.900. The molecule has 0 bridgehead atoms. The fourth-order valence-corrected chi connectivity index (χ4v) is 4.33. The molecule has 3 rings (SSSR count). The fourth-order valence-electron chi connectivity index (χ4n) is 4.33. The molecule has 3 nitrogen and oxygen atoms in total. The summed E-state index contributed by atoms with van der Waals surface area (Å²) in [5, 5.41) is 9.09. The van der Waals surface area contributed by atoms with Crippen molar-refractivity contribution in [2.45, 2.75) is 45.6 Å². The van der Waals surface area contributed by atoms with E-state index in [2.05, 4.69) is 37.9 Å². The molecule has 3 unspecified atom stereocenters. The Morgan fingerprint density at radius 2 is 1.90 bits per heavy atom. The summed E-state index contributed by atoms with van der Waals surface area (Å²) in [4.78, 5) is 2.48. The van der Waals surface area contributed by atoms with Crippen molar-refractivity contribution in [2.75, 3.05) is 13.7 Å². The second-order valence-corrected chi connectivity index (χ2v) is 6.90. The molecule has 2 aliphatic rings. The van der Waals surface area contributed by atoms with Crippen LogP contribution in [0.2, 0.25) is 0 Å². The van der Waals surface area contributed by atoms with Crippen LogP contribution in [0.15, 0.2) is 24.3 Å². The van der Waals surface area contributed by atoms with Gasteiger partial charge in [0.2, 0.25) is 0 Å². The topological polar surface area (TPSA) is 32.7 Å². The van der Waals surface area contributed by atoms with Gasteiger partial charge in [-0.05, 0) is 24.6 Å². The molecule has 1 saturated heterocycles. The lowest BCUT2D eigenvalue weighted by atomic mass is 9.57. The smallest absolute Gasteiger partial charge is 0.0685 e. The van der Waals surface area contributed by atoms with E-state index in [1.54, 1.807) is 0 Å². The van der Waals surface area contributed by atoms with E-state index in [0.29, 0.717) is 18.1 Å². The normalized spacial score (nSPS) is 31.1. The minimum atomic E-state index is 0.118. The minimum absolute atomic E-state index is 0.118. The van der Waals surface area contributed by atoms with Crippen LogP contribution in [0.1, 0.15) is 31.4 Å². The molecular formula is C17H25NO2. The third kappa shape index (κ3) is 2.18. The Balaban J connectivity index is 1.68. The highest BCUT2D eigenvalue weighted by Crippen LogP contribution is 2.54. The number of aliphatic hydroxyl groups is 1. The van der Waals surface area contributed by atoms with E-state index in [1.165, 1.54) is 12.0 Å². The zero-order valence-corrected chi connectivity index (χ0v) is 12.7. The summed E-state index contributed by atoms with van der Waals surface area (Å²) in [6, 6.07) is 8.87. The first kappa shape index (κ1) is 14.1. The number of rotatable bonds is 4. The van der Waals surface area contributed by atoms with Gasteiger partial charge < -0.3 is 9.84 Å². The average molecular weight is 275 g/mol. The van der Waals surface area contributed by atoms with Gasteiger partial charge in [-0.15, -0.1) is 0 Å². The van der Waals surface area contributed by atoms with Gasteiger partial charge in [0.05, 0.1) is 12.7 Å². The maximum Gasteiger partial charge on any atom is 0.0685 e. The molecule has 0 amide bonds. The molecule has 3 atom stereocenters. The van der Waals surface area contributed by atoms with E-state index in [4.69, 9.17) is 9.84 Å². The van der Waals surface area contributed by atoms with Gasteiger partial charge in [-0.3, -0.25) is 4.90 Å². The number of fused-ring (bicyclic) bond motifs is 1. The van der Waals surface area contributed by atoms with E-state index in [-0.39, 0.29) is 12.0 Å². The SMILES string of the molecule is CN(Cc1ccc(CO)cc1)C1C2CCOC2C1(C)C. The van der Waals surface area contributed by atoms with Crippen molar-refractivity contribution in [3.05, 3.63) is 35.4 Å². The zero-order valence-electron chi connectivity index (χ0n) is 12.7. The van der Waals surface area contributed by atoms with E-state index in [9.17, 15) is 0 Å². The highest BCUT2D eigenvalue weighted by atomic mass is 16.5. The van der Waals surface area contributed by atoms with Gasteiger partial charge in [-0.1, -0.05) is 38.1 Å². The first-order chi connectivity index (χ1) is 9.54. The van der Waals surface area contributed by atoms with Crippen LogP contribution in [0.4, 0.5) is 0 Å². The number of ether oxygens (including phenoxy) is 1. The molecule has 0 radical (unpaired) electrons. The Bertz CT molecular complexity index is 468. The number of hydrogen-bond donors (Lipinski definition) is 1. The lowest BCUT2D eigenvalue weighted by Crippen LogP contribution is -2.65. The average Bonchev–Trinajstić information content (AvgIpc) is 2.85. The standard InChI is InChI=1S/C17H25NO2/c1-17(2)15(14-8-9-20-16(14)17)18(3)10-12-4-6-13(11-19)7-5-12/h4-7,14-16,19H,8-11H2,1-3H3. The first-order valence-corrected chi connectivity index (χ1v) is 7.54. The highest BCUT2D eigenvalue weighted by Gasteiger charge is 2.60. The molecule has 1 N–H and O–H groups in total. The summed E-state index contributed by atoms with van der Waals surface area (Å²) in [5.41, 5.74) is 2.54. The maximum atomic E-state index is 9.09. The molecule has 0 aromatic heterocycles. The van der Waals surface area contributed by atoms with E-state index < -0.39 is 0 Å². The monoisotopic (exact) mass is 275 g/mol. The molecular weight excluding hydrogens is 250 g/mol. The van der Waals surface area contributed by atoms with E-state index >= 15 is 0 Å². The molecule has 1 aliphatic heterocycles. The molecule has 1 aromatic carbocycles. The second-order valence-electron chi connectivity index (χ2n) is 6.90. The minimum Gasteiger partial charge on any atom is -0.392 e. The van der Waals surface area contributed by atoms with E-state index in [0.717, 1.165) is 18.7 Å². The molecule has 2 fully saturated rings. The quantitative estimate of drug-likeness (QED) is 0.916. The molecule has 0 spiro atoms. The van der Waals surface area contributed by atoms with Gasteiger partial charge in [0.1, 0.15) is 0 Å². The van der Waals surface area contributed by atoms with Crippen molar-refractivity contribution in [2.24, 2.45) is 11.3 Å². The van der Waals surface area contributed by atoms with Crippen LogP contribution in [0.5, 0.6) is 0 Å². The van der Waals surface area contributed by atoms with Crippen LogP contribution in [0, 0.1) is 11.3 Å². The van der Waals surface area contributed by atoms with Crippen molar-refractivity contribution >= 4 is 0 Å². The number of nitrogens with zero attached hydrogens (tertiary/aromatic N) is 1. The maximum absolute atomic E-state index is 9.09.